The lowest BCUT2D eigenvalue weighted by molar-refractivity contribution is 0.101. The SMILES string of the molecule is Cc1nnc(NC(=O)c2ncn[nH]2)nc1C. The van der Waals surface area contributed by atoms with Crippen molar-refractivity contribution in [3.63, 3.8) is 0 Å². The van der Waals surface area contributed by atoms with Crippen LogP contribution in [-0.4, -0.2) is 36.3 Å². The second-order valence-corrected chi connectivity index (χ2v) is 3.09. The van der Waals surface area contributed by atoms with E-state index in [4.69, 9.17) is 0 Å². The lowest BCUT2D eigenvalue weighted by Crippen LogP contribution is -2.17. The van der Waals surface area contributed by atoms with Crippen molar-refractivity contribution in [2.75, 3.05) is 5.32 Å². The monoisotopic (exact) mass is 219 g/mol. The van der Waals surface area contributed by atoms with Gasteiger partial charge in [-0.3, -0.25) is 15.2 Å². The molecule has 0 atom stereocenters. The first kappa shape index (κ1) is 10.1. The lowest BCUT2D eigenvalue weighted by atomic mass is 10.4. The number of aromatic nitrogens is 6. The highest BCUT2D eigenvalue weighted by atomic mass is 16.2. The zero-order valence-corrected chi connectivity index (χ0v) is 8.72. The third-order valence-corrected chi connectivity index (χ3v) is 1.95. The minimum absolute atomic E-state index is 0.0989. The molecule has 8 heteroatoms. The predicted octanol–water partition coefficient (Wildman–Crippen LogP) is -0.141. The van der Waals surface area contributed by atoms with E-state index in [1.54, 1.807) is 13.8 Å². The number of rotatable bonds is 2. The molecule has 0 aliphatic rings. The van der Waals surface area contributed by atoms with Crippen LogP contribution in [0.15, 0.2) is 6.33 Å². The van der Waals surface area contributed by atoms with Crippen molar-refractivity contribution in [2.24, 2.45) is 0 Å². The number of nitrogens with one attached hydrogen (secondary N) is 2. The van der Waals surface area contributed by atoms with Crippen LogP contribution >= 0.6 is 0 Å². The summed E-state index contributed by atoms with van der Waals surface area (Å²) in [4.78, 5) is 19.3. The number of anilines is 1. The van der Waals surface area contributed by atoms with Crippen molar-refractivity contribution in [2.45, 2.75) is 13.8 Å². The first-order valence-corrected chi connectivity index (χ1v) is 4.51. The van der Waals surface area contributed by atoms with E-state index in [-0.39, 0.29) is 11.8 Å². The van der Waals surface area contributed by atoms with Gasteiger partial charge in [0.1, 0.15) is 6.33 Å². The lowest BCUT2D eigenvalue weighted by Gasteiger charge is -2.02. The minimum Gasteiger partial charge on any atom is -0.286 e. The summed E-state index contributed by atoms with van der Waals surface area (Å²) in [6.45, 7) is 3.57. The largest absolute Gasteiger partial charge is 0.295 e. The van der Waals surface area contributed by atoms with Gasteiger partial charge >= 0.3 is 0 Å². The zero-order valence-electron chi connectivity index (χ0n) is 8.72. The maximum atomic E-state index is 11.5. The number of amides is 1. The van der Waals surface area contributed by atoms with E-state index in [1.165, 1.54) is 6.33 Å². The van der Waals surface area contributed by atoms with E-state index in [9.17, 15) is 4.79 Å². The van der Waals surface area contributed by atoms with Gasteiger partial charge < -0.3 is 0 Å². The van der Waals surface area contributed by atoms with Crippen molar-refractivity contribution >= 4 is 11.9 Å². The number of H-pyrrole nitrogens is 1. The Hall–Kier alpha value is -2.38. The summed E-state index contributed by atoms with van der Waals surface area (Å²) in [7, 11) is 0. The first-order chi connectivity index (χ1) is 7.66. The molecular weight excluding hydrogens is 210 g/mol. The maximum Gasteiger partial charge on any atom is 0.295 e. The Balaban J connectivity index is 2.15. The first-order valence-electron chi connectivity index (χ1n) is 4.51. The average Bonchev–Trinajstić information content (AvgIpc) is 2.77. The molecule has 2 rings (SSSR count). The Labute approximate surface area is 90.5 Å². The van der Waals surface area contributed by atoms with Crippen molar-refractivity contribution in [3.05, 3.63) is 23.5 Å². The fourth-order valence-electron chi connectivity index (χ4n) is 0.985. The molecule has 0 saturated heterocycles. The molecule has 1 amide bonds. The van der Waals surface area contributed by atoms with E-state index in [0.29, 0.717) is 5.69 Å². The van der Waals surface area contributed by atoms with E-state index >= 15 is 0 Å². The summed E-state index contributed by atoms with van der Waals surface area (Å²) in [5, 5.41) is 16.0. The molecule has 2 aromatic rings. The molecule has 2 N–H and O–H groups in total. The van der Waals surface area contributed by atoms with Crippen LogP contribution in [0, 0.1) is 13.8 Å². The standard InChI is InChI=1S/C8H9N7O/c1-4-5(2)13-15-8(11-4)12-7(16)6-9-3-10-14-6/h3H,1-2H3,(H,9,10,14)(H,11,12,15,16). The molecule has 16 heavy (non-hydrogen) atoms. The second-order valence-electron chi connectivity index (χ2n) is 3.09. The van der Waals surface area contributed by atoms with Crippen LogP contribution in [0.5, 0.6) is 0 Å². The van der Waals surface area contributed by atoms with Gasteiger partial charge in [0, 0.05) is 0 Å². The number of carbonyl (C=O) groups is 1. The van der Waals surface area contributed by atoms with Gasteiger partial charge in [-0.1, -0.05) is 0 Å². The van der Waals surface area contributed by atoms with Crippen LogP contribution in [-0.2, 0) is 0 Å². The Morgan fingerprint density at radius 3 is 2.75 bits per heavy atom. The van der Waals surface area contributed by atoms with Crippen molar-refractivity contribution in [3.8, 4) is 0 Å². The summed E-state index contributed by atoms with van der Waals surface area (Å²) in [5.41, 5.74) is 1.43. The quantitative estimate of drug-likeness (QED) is 0.727. The van der Waals surface area contributed by atoms with Gasteiger partial charge in [-0.25, -0.2) is 9.97 Å². The summed E-state index contributed by atoms with van der Waals surface area (Å²) >= 11 is 0. The van der Waals surface area contributed by atoms with Crippen LogP contribution < -0.4 is 5.32 Å². The van der Waals surface area contributed by atoms with E-state index < -0.39 is 5.91 Å². The predicted molar refractivity (Wildman–Crippen MR) is 53.6 cm³/mol. The molecule has 8 nitrogen and oxygen atoms in total. The van der Waals surface area contributed by atoms with Gasteiger partial charge in [-0.05, 0) is 13.8 Å². The van der Waals surface area contributed by atoms with Gasteiger partial charge in [-0.15, -0.1) is 5.10 Å². The fraction of sp³-hybridized carbons (Fsp3) is 0.250. The number of carbonyl (C=O) groups excluding carboxylic acids is 1. The molecule has 0 radical (unpaired) electrons. The number of hydrogen-bond acceptors (Lipinski definition) is 6. The molecular formula is C8H9N7O. The number of hydrogen-bond donors (Lipinski definition) is 2. The molecule has 0 aliphatic carbocycles. The highest BCUT2D eigenvalue weighted by Crippen LogP contribution is 2.02. The third kappa shape index (κ3) is 2.00. The van der Waals surface area contributed by atoms with Crippen LogP contribution in [0.1, 0.15) is 22.0 Å². The molecule has 0 unspecified atom stereocenters. The molecule has 2 aromatic heterocycles. The van der Waals surface area contributed by atoms with Crippen molar-refractivity contribution < 1.29 is 4.79 Å². The minimum atomic E-state index is -0.456. The fourth-order valence-corrected chi connectivity index (χ4v) is 0.985. The third-order valence-electron chi connectivity index (χ3n) is 1.95. The summed E-state index contributed by atoms with van der Waals surface area (Å²) in [6, 6.07) is 0. The normalized spacial score (nSPS) is 10.1. The molecule has 0 fully saturated rings. The van der Waals surface area contributed by atoms with Crippen LogP contribution in [0.3, 0.4) is 0 Å². The van der Waals surface area contributed by atoms with Crippen molar-refractivity contribution in [1.82, 2.24) is 30.4 Å². The number of aromatic amines is 1. The molecule has 0 bridgehead atoms. The second kappa shape index (κ2) is 4.01. The van der Waals surface area contributed by atoms with Gasteiger partial charge in [0.05, 0.1) is 11.4 Å². The maximum absolute atomic E-state index is 11.5. The van der Waals surface area contributed by atoms with E-state index in [0.717, 1.165) is 5.69 Å². The van der Waals surface area contributed by atoms with Gasteiger partial charge in [0.15, 0.2) is 0 Å². The molecule has 0 aliphatic heterocycles. The number of nitrogens with zero attached hydrogens (tertiary/aromatic N) is 5. The van der Waals surface area contributed by atoms with Gasteiger partial charge in [0.25, 0.3) is 5.91 Å². The molecule has 0 saturated carbocycles. The van der Waals surface area contributed by atoms with Crippen LogP contribution in [0.2, 0.25) is 0 Å². The molecule has 82 valence electrons. The zero-order chi connectivity index (χ0) is 11.5. The smallest absolute Gasteiger partial charge is 0.286 e. The van der Waals surface area contributed by atoms with Gasteiger partial charge in [-0.2, -0.15) is 10.2 Å². The Bertz CT molecular complexity index is 507. The Kier molecular flexibility index (Phi) is 2.54. The Morgan fingerprint density at radius 2 is 2.12 bits per heavy atom. The molecule has 0 spiro atoms. The highest BCUT2D eigenvalue weighted by Gasteiger charge is 2.11. The highest BCUT2D eigenvalue weighted by molar-refractivity contribution is 6.00. The average molecular weight is 219 g/mol. The van der Waals surface area contributed by atoms with Crippen LogP contribution in [0.4, 0.5) is 5.95 Å². The van der Waals surface area contributed by atoms with Crippen LogP contribution in [0.25, 0.3) is 0 Å². The molecule has 2 heterocycles. The topological polar surface area (TPSA) is 109 Å². The Morgan fingerprint density at radius 1 is 1.31 bits per heavy atom. The van der Waals surface area contributed by atoms with Crippen molar-refractivity contribution in [1.29, 1.82) is 0 Å². The molecule has 0 aromatic carbocycles. The summed E-state index contributed by atoms with van der Waals surface area (Å²) in [6.07, 6.45) is 1.24. The summed E-state index contributed by atoms with van der Waals surface area (Å²) in [5.74, 6) is -0.214. The van der Waals surface area contributed by atoms with Gasteiger partial charge in [0.2, 0.25) is 11.8 Å². The number of aryl methyl sites for hydroxylation is 2. The summed E-state index contributed by atoms with van der Waals surface area (Å²) < 4.78 is 0. The van der Waals surface area contributed by atoms with E-state index in [1.807, 2.05) is 0 Å². The van der Waals surface area contributed by atoms with E-state index in [2.05, 4.69) is 35.7 Å².